The lowest BCUT2D eigenvalue weighted by Gasteiger charge is -2.11. The Morgan fingerprint density at radius 1 is 1.23 bits per heavy atom. The summed E-state index contributed by atoms with van der Waals surface area (Å²) in [5, 5.41) is 3.56. The van der Waals surface area contributed by atoms with Gasteiger partial charge >= 0.3 is 5.97 Å². The normalized spacial score (nSPS) is 12.3. The van der Waals surface area contributed by atoms with Gasteiger partial charge < -0.3 is 10.5 Å². The molecular weight excluding hydrogens is 501 g/mol. The van der Waals surface area contributed by atoms with Crippen molar-refractivity contribution in [2.75, 3.05) is 32.1 Å². The SMILES string of the molecule is CCCCS(=O)c1sc2nc(-c3nccs3)cc(-c3ccc(COC(=O)CN(C)C)cc3)c2c1N. The van der Waals surface area contributed by atoms with Gasteiger partial charge in [0.15, 0.2) is 0 Å². The van der Waals surface area contributed by atoms with Gasteiger partial charge in [0, 0.05) is 22.7 Å². The van der Waals surface area contributed by atoms with Crippen LogP contribution in [0.2, 0.25) is 0 Å². The van der Waals surface area contributed by atoms with Crippen molar-refractivity contribution in [1.82, 2.24) is 14.9 Å². The van der Waals surface area contributed by atoms with E-state index in [9.17, 15) is 9.00 Å². The summed E-state index contributed by atoms with van der Waals surface area (Å²) in [6.07, 6.45) is 3.61. The highest BCUT2D eigenvalue weighted by atomic mass is 32.2. The fourth-order valence-corrected chi connectivity index (χ4v) is 6.97. The number of thiophene rings is 1. The Bertz CT molecular complexity index is 1330. The van der Waals surface area contributed by atoms with Crippen molar-refractivity contribution in [3.8, 4) is 21.8 Å². The van der Waals surface area contributed by atoms with E-state index in [0.717, 1.165) is 50.5 Å². The molecule has 0 spiro atoms. The van der Waals surface area contributed by atoms with Gasteiger partial charge in [0.05, 0.1) is 23.0 Å². The third kappa shape index (κ3) is 5.95. The molecule has 1 unspecified atom stereocenters. The largest absolute Gasteiger partial charge is 0.460 e. The minimum absolute atomic E-state index is 0.213. The summed E-state index contributed by atoms with van der Waals surface area (Å²) >= 11 is 2.92. The molecule has 7 nitrogen and oxygen atoms in total. The van der Waals surface area contributed by atoms with E-state index in [2.05, 4.69) is 11.9 Å². The minimum atomic E-state index is -1.16. The zero-order chi connectivity index (χ0) is 24.9. The van der Waals surface area contributed by atoms with Gasteiger partial charge in [-0.15, -0.1) is 22.7 Å². The number of esters is 1. The second-order valence-corrected chi connectivity index (χ2v) is 12.0. The summed E-state index contributed by atoms with van der Waals surface area (Å²) in [7, 11) is 2.49. The summed E-state index contributed by atoms with van der Waals surface area (Å²) in [4.78, 5) is 23.6. The van der Waals surface area contributed by atoms with Crippen LogP contribution in [-0.4, -0.2) is 51.4 Å². The molecule has 4 aromatic rings. The summed E-state index contributed by atoms with van der Waals surface area (Å²) in [6.45, 7) is 2.54. The number of ether oxygens (including phenoxy) is 1. The zero-order valence-electron chi connectivity index (χ0n) is 19.9. The molecule has 35 heavy (non-hydrogen) atoms. The fourth-order valence-electron chi connectivity index (χ4n) is 3.57. The lowest BCUT2D eigenvalue weighted by molar-refractivity contribution is -0.145. The number of pyridine rings is 1. The molecular formula is C25H28N4O3S3. The van der Waals surface area contributed by atoms with E-state index in [1.165, 1.54) is 22.7 Å². The van der Waals surface area contributed by atoms with Crippen molar-refractivity contribution in [1.29, 1.82) is 0 Å². The molecule has 0 radical (unpaired) electrons. The Labute approximate surface area is 215 Å². The Balaban J connectivity index is 1.71. The number of rotatable bonds is 10. The van der Waals surface area contributed by atoms with Gasteiger partial charge in [0.1, 0.15) is 26.3 Å². The van der Waals surface area contributed by atoms with Crippen molar-refractivity contribution in [2.45, 2.75) is 30.6 Å². The molecule has 0 bridgehead atoms. The van der Waals surface area contributed by atoms with E-state index in [-0.39, 0.29) is 19.1 Å². The highest BCUT2D eigenvalue weighted by Crippen LogP contribution is 2.43. The van der Waals surface area contributed by atoms with Gasteiger partial charge in [0.2, 0.25) is 0 Å². The van der Waals surface area contributed by atoms with E-state index >= 15 is 0 Å². The summed E-state index contributed by atoms with van der Waals surface area (Å²) in [5.74, 6) is 0.321. The molecule has 10 heteroatoms. The number of fused-ring (bicyclic) bond motifs is 1. The molecule has 2 N–H and O–H groups in total. The quantitative estimate of drug-likeness (QED) is 0.283. The molecule has 1 aromatic carbocycles. The molecule has 4 rings (SSSR count). The van der Waals surface area contributed by atoms with Crippen molar-refractivity contribution in [3.63, 3.8) is 0 Å². The van der Waals surface area contributed by atoms with Gasteiger partial charge in [-0.25, -0.2) is 9.97 Å². The van der Waals surface area contributed by atoms with E-state index in [4.69, 9.17) is 15.5 Å². The first-order chi connectivity index (χ1) is 16.9. The van der Waals surface area contributed by atoms with Crippen LogP contribution in [-0.2, 0) is 26.9 Å². The number of aromatic nitrogens is 2. The van der Waals surface area contributed by atoms with Crippen LogP contribution in [0.5, 0.6) is 0 Å². The molecule has 0 aliphatic carbocycles. The monoisotopic (exact) mass is 528 g/mol. The molecule has 3 heterocycles. The Morgan fingerprint density at radius 2 is 2.00 bits per heavy atom. The van der Waals surface area contributed by atoms with E-state index < -0.39 is 10.8 Å². The van der Waals surface area contributed by atoms with Gasteiger partial charge in [-0.3, -0.25) is 13.9 Å². The molecule has 184 valence electrons. The molecule has 0 amide bonds. The maximum atomic E-state index is 13.0. The number of hydrogen-bond donors (Lipinski definition) is 1. The number of carbonyl (C=O) groups is 1. The molecule has 3 aromatic heterocycles. The summed E-state index contributed by atoms with van der Waals surface area (Å²) < 4.78 is 19.0. The zero-order valence-corrected chi connectivity index (χ0v) is 22.4. The molecule has 0 aliphatic rings. The van der Waals surface area contributed by atoms with Crippen LogP contribution < -0.4 is 5.73 Å². The van der Waals surface area contributed by atoms with Crippen molar-refractivity contribution >= 4 is 55.3 Å². The third-order valence-electron chi connectivity index (χ3n) is 5.32. The topological polar surface area (TPSA) is 98.4 Å². The molecule has 1 atom stereocenters. The predicted molar refractivity (Wildman–Crippen MR) is 145 cm³/mol. The van der Waals surface area contributed by atoms with E-state index in [1.807, 2.05) is 49.8 Å². The summed E-state index contributed by atoms with van der Waals surface area (Å²) in [5.41, 5.74) is 10.6. The number of unbranched alkanes of at least 4 members (excludes halogenated alkanes) is 1. The number of benzene rings is 1. The average molecular weight is 529 g/mol. The molecule has 0 saturated heterocycles. The first-order valence-electron chi connectivity index (χ1n) is 11.3. The smallest absolute Gasteiger partial charge is 0.320 e. The number of nitrogens with zero attached hydrogens (tertiary/aromatic N) is 3. The van der Waals surface area contributed by atoms with Crippen LogP contribution in [0.4, 0.5) is 5.69 Å². The number of nitrogens with two attached hydrogens (primary N) is 1. The standard InChI is InChI=1S/C25H28N4O3S3/c1-4-5-12-35(31)25-22(26)21-18(13-19(28-24(21)34-25)23-27-10-11-33-23)17-8-6-16(7-9-17)15-32-20(30)14-29(2)3/h6-11,13H,4-5,12,14-15,26H2,1-3H3. The van der Waals surface area contributed by atoms with E-state index in [1.54, 1.807) is 11.1 Å². The number of thiazole rings is 1. The van der Waals surface area contributed by atoms with Gasteiger partial charge in [-0.2, -0.15) is 0 Å². The van der Waals surface area contributed by atoms with Crippen LogP contribution in [0, 0.1) is 0 Å². The number of anilines is 1. The van der Waals surface area contributed by atoms with Crippen LogP contribution in [0.15, 0.2) is 46.1 Å². The van der Waals surface area contributed by atoms with Crippen LogP contribution >= 0.6 is 22.7 Å². The lowest BCUT2D eigenvalue weighted by Crippen LogP contribution is -2.23. The Morgan fingerprint density at radius 3 is 2.66 bits per heavy atom. The van der Waals surface area contributed by atoms with Gasteiger partial charge in [0.25, 0.3) is 0 Å². The summed E-state index contributed by atoms with van der Waals surface area (Å²) in [6, 6.07) is 9.85. The number of nitrogen functional groups attached to an aromatic ring is 1. The van der Waals surface area contributed by atoms with Gasteiger partial charge in [-0.05, 0) is 43.3 Å². The van der Waals surface area contributed by atoms with Crippen molar-refractivity contribution < 1.29 is 13.7 Å². The predicted octanol–water partition coefficient (Wildman–Crippen LogP) is 5.18. The second-order valence-electron chi connectivity index (χ2n) is 8.37. The van der Waals surface area contributed by atoms with Crippen LogP contribution in [0.25, 0.3) is 32.0 Å². The maximum Gasteiger partial charge on any atom is 0.320 e. The fraction of sp³-hybridized carbons (Fsp3) is 0.320. The third-order valence-corrected chi connectivity index (χ3v) is 9.11. The van der Waals surface area contributed by atoms with E-state index in [0.29, 0.717) is 15.6 Å². The maximum absolute atomic E-state index is 13.0. The first-order valence-corrected chi connectivity index (χ1v) is 14.3. The van der Waals surface area contributed by atoms with Crippen molar-refractivity contribution in [3.05, 3.63) is 47.5 Å². The molecule has 0 saturated carbocycles. The number of hydrogen-bond acceptors (Lipinski definition) is 9. The molecule has 0 aliphatic heterocycles. The second kappa shape index (κ2) is 11.4. The van der Waals surface area contributed by atoms with Crippen molar-refractivity contribution in [2.24, 2.45) is 0 Å². The number of carbonyl (C=O) groups excluding carboxylic acids is 1. The average Bonchev–Trinajstić information content (AvgIpc) is 3.49. The Hall–Kier alpha value is -2.66. The first kappa shape index (κ1) is 25.4. The van der Waals surface area contributed by atoms with Crippen LogP contribution in [0.1, 0.15) is 25.3 Å². The highest BCUT2D eigenvalue weighted by Gasteiger charge is 2.21. The minimum Gasteiger partial charge on any atom is -0.460 e. The highest BCUT2D eigenvalue weighted by molar-refractivity contribution is 7.87. The Kier molecular flexibility index (Phi) is 8.27. The van der Waals surface area contributed by atoms with Gasteiger partial charge in [-0.1, -0.05) is 37.6 Å². The number of likely N-dealkylation sites (N-methyl/N-ethyl adjacent to an activating group) is 1. The lowest BCUT2D eigenvalue weighted by atomic mass is 10.0. The van der Waals surface area contributed by atoms with Crippen LogP contribution in [0.3, 0.4) is 0 Å². The molecule has 0 fully saturated rings.